The third kappa shape index (κ3) is 2.17. The van der Waals surface area contributed by atoms with Crippen molar-refractivity contribution in [2.75, 3.05) is 0 Å². The molecule has 1 N–H and O–H groups in total. The summed E-state index contributed by atoms with van der Waals surface area (Å²) in [6.45, 7) is 1.93. The summed E-state index contributed by atoms with van der Waals surface area (Å²) < 4.78 is 0. The minimum atomic E-state index is -0.870. The molecule has 3 heteroatoms. The fourth-order valence-electron chi connectivity index (χ4n) is 1.71. The monoisotopic (exact) mass is 304 g/mol. The molecule has 0 saturated carbocycles. The van der Waals surface area contributed by atoms with Crippen LogP contribution in [0, 0.1) is 6.92 Å². The summed E-state index contributed by atoms with van der Waals surface area (Å²) in [7, 11) is 0. The van der Waals surface area contributed by atoms with E-state index in [4.69, 9.17) is 5.11 Å². The fraction of sp³-hybridized carbons (Fsp3) is 0.0833. The molecular weight excluding hydrogens is 291 g/mol. The van der Waals surface area contributed by atoms with E-state index in [2.05, 4.69) is 0 Å². The van der Waals surface area contributed by atoms with E-state index in [-0.39, 0.29) is 25.8 Å². The quantitative estimate of drug-likeness (QED) is 0.870. The van der Waals surface area contributed by atoms with Crippen molar-refractivity contribution in [3.8, 4) is 0 Å². The Morgan fingerprint density at radius 3 is 2.33 bits per heavy atom. The Morgan fingerprint density at radius 1 is 1.13 bits per heavy atom. The van der Waals surface area contributed by atoms with Gasteiger partial charge < -0.3 is 5.11 Å². The molecule has 15 heavy (non-hydrogen) atoms. The zero-order chi connectivity index (χ0) is 10.1. The maximum atomic E-state index is 11.0. The zero-order valence-electron chi connectivity index (χ0n) is 7.82. The molecule has 76 valence electrons. The van der Waals surface area contributed by atoms with Crippen LogP contribution < -0.4 is 0 Å². The van der Waals surface area contributed by atoms with Crippen LogP contribution in [0.25, 0.3) is 10.8 Å². The average Bonchev–Trinajstić information content (AvgIpc) is 2.17. The van der Waals surface area contributed by atoms with E-state index in [0.29, 0.717) is 5.56 Å². The van der Waals surface area contributed by atoms with Crippen LogP contribution in [0.4, 0.5) is 0 Å². The summed E-state index contributed by atoms with van der Waals surface area (Å²) in [5.74, 6) is -0.870. The van der Waals surface area contributed by atoms with Crippen LogP contribution in [0.2, 0.25) is 0 Å². The Morgan fingerprint density at radius 2 is 1.73 bits per heavy atom. The van der Waals surface area contributed by atoms with Gasteiger partial charge in [0.1, 0.15) is 0 Å². The Hall–Kier alpha value is -0.960. The van der Waals surface area contributed by atoms with Gasteiger partial charge in [0.05, 0.1) is 5.56 Å². The number of carboxylic acid groups (broad SMARTS) is 1. The van der Waals surface area contributed by atoms with Crippen molar-refractivity contribution >= 4 is 42.6 Å². The Kier molecular flexibility index (Phi) is 3.80. The number of rotatable bonds is 1. The van der Waals surface area contributed by atoms with Gasteiger partial charge in [-0.25, -0.2) is 4.79 Å². The molecule has 0 unspecified atom stereocenters. The Balaban J connectivity index is 0.00000112. The van der Waals surface area contributed by atoms with Crippen molar-refractivity contribution in [1.82, 2.24) is 0 Å². The first-order chi connectivity index (χ1) is 6.70. The third-order valence-corrected chi connectivity index (χ3v) is 2.34. The summed E-state index contributed by atoms with van der Waals surface area (Å²) in [4.78, 5) is 11.0. The molecule has 0 aliphatic heterocycles. The second-order valence-corrected chi connectivity index (χ2v) is 3.28. The van der Waals surface area contributed by atoms with Gasteiger partial charge in [0.15, 0.2) is 0 Å². The first-order valence-electron chi connectivity index (χ1n) is 4.42. The molecule has 0 heterocycles. The first-order valence-corrected chi connectivity index (χ1v) is 4.42. The van der Waals surface area contributed by atoms with Crippen LogP contribution in [-0.2, 0) is 0 Å². The molecule has 0 amide bonds. The van der Waals surface area contributed by atoms with E-state index in [0.717, 1.165) is 16.3 Å². The van der Waals surface area contributed by atoms with Gasteiger partial charge in [-0.1, -0.05) is 30.3 Å². The van der Waals surface area contributed by atoms with E-state index in [1.807, 2.05) is 31.2 Å². The van der Waals surface area contributed by atoms with Crippen molar-refractivity contribution in [3.63, 3.8) is 0 Å². The number of carbonyl (C=O) groups is 1. The van der Waals surface area contributed by atoms with Gasteiger partial charge in [0.2, 0.25) is 0 Å². The molecule has 0 saturated heterocycles. The topological polar surface area (TPSA) is 37.3 Å². The van der Waals surface area contributed by atoms with Gasteiger partial charge in [-0.05, 0) is 29.3 Å². The van der Waals surface area contributed by atoms with Crippen LogP contribution in [-0.4, -0.2) is 36.9 Å². The first kappa shape index (κ1) is 12.1. The number of carboxylic acids is 1. The van der Waals surface area contributed by atoms with Gasteiger partial charge in [-0.3, -0.25) is 0 Å². The van der Waals surface area contributed by atoms with Gasteiger partial charge >= 0.3 is 31.8 Å². The predicted octanol–water partition coefficient (Wildman–Crippen LogP) is 1.66. The summed E-state index contributed by atoms with van der Waals surface area (Å²) >= 11 is 0. The van der Waals surface area contributed by atoms with Crippen molar-refractivity contribution in [2.24, 2.45) is 0 Å². The number of hydrogen-bond acceptors (Lipinski definition) is 1. The van der Waals surface area contributed by atoms with Crippen molar-refractivity contribution in [2.45, 2.75) is 6.92 Å². The number of aryl methyl sites for hydroxylation is 1. The fourth-order valence-corrected chi connectivity index (χ4v) is 1.71. The number of fused-ring (bicyclic) bond motifs is 1. The molecule has 0 radical (unpaired) electrons. The standard InChI is InChI=1S/C12H10O2.In.3H/c1-8-4-2-5-9-6-3-7-10(11(8)9)12(13)14;;;;/h2-7H,1H3,(H,13,14);;;;. The molecule has 0 bridgehead atoms. The summed E-state index contributed by atoms with van der Waals surface area (Å²) in [6.07, 6.45) is 0. The molecule has 0 aliphatic carbocycles. The summed E-state index contributed by atoms with van der Waals surface area (Å²) in [5, 5.41) is 10.8. The maximum absolute atomic E-state index is 11.0. The molecule has 2 nitrogen and oxygen atoms in total. The molecule has 0 spiro atoms. The minimum absolute atomic E-state index is 0. The second-order valence-electron chi connectivity index (χ2n) is 3.28. The number of aromatic carboxylic acids is 1. The number of benzene rings is 2. The van der Waals surface area contributed by atoms with E-state index in [1.54, 1.807) is 12.1 Å². The Bertz CT molecular complexity index is 501. The zero-order valence-corrected chi connectivity index (χ0v) is 7.82. The van der Waals surface area contributed by atoms with E-state index >= 15 is 0 Å². The van der Waals surface area contributed by atoms with E-state index in [1.165, 1.54) is 0 Å². The predicted molar refractivity (Wildman–Crippen MR) is 65.6 cm³/mol. The molecule has 2 aromatic carbocycles. The van der Waals surface area contributed by atoms with Crippen molar-refractivity contribution in [1.29, 1.82) is 0 Å². The molecule has 0 aromatic heterocycles. The van der Waals surface area contributed by atoms with Crippen LogP contribution in [0.5, 0.6) is 0 Å². The van der Waals surface area contributed by atoms with Crippen molar-refractivity contribution < 1.29 is 9.90 Å². The summed E-state index contributed by atoms with van der Waals surface area (Å²) in [6, 6.07) is 11.1. The van der Waals surface area contributed by atoms with Crippen LogP contribution in [0.1, 0.15) is 15.9 Å². The van der Waals surface area contributed by atoms with Gasteiger partial charge in [0.25, 0.3) is 0 Å². The van der Waals surface area contributed by atoms with Crippen LogP contribution in [0.3, 0.4) is 0 Å². The van der Waals surface area contributed by atoms with Gasteiger partial charge in [-0.15, -0.1) is 0 Å². The van der Waals surface area contributed by atoms with Crippen molar-refractivity contribution in [3.05, 3.63) is 47.5 Å². The Labute approximate surface area is 107 Å². The average molecular weight is 304 g/mol. The normalized spacial score (nSPS) is 9.67. The third-order valence-electron chi connectivity index (χ3n) is 2.34. The van der Waals surface area contributed by atoms with E-state index < -0.39 is 5.97 Å². The van der Waals surface area contributed by atoms with Gasteiger partial charge in [-0.2, -0.15) is 0 Å². The van der Waals surface area contributed by atoms with Gasteiger partial charge in [0, 0.05) is 0 Å². The SMILES string of the molecule is Cc1cccc2cccc(C(=O)O)c12.[InH3]. The molecule has 0 aliphatic rings. The van der Waals surface area contributed by atoms with Crippen LogP contribution in [0.15, 0.2) is 36.4 Å². The van der Waals surface area contributed by atoms with E-state index in [9.17, 15) is 4.79 Å². The number of hydrogen-bond donors (Lipinski definition) is 1. The second kappa shape index (κ2) is 4.71. The van der Waals surface area contributed by atoms with Crippen LogP contribution >= 0.6 is 0 Å². The molecule has 2 rings (SSSR count). The summed E-state index contributed by atoms with van der Waals surface area (Å²) in [5.41, 5.74) is 1.38. The molecule has 0 atom stereocenters. The molecule has 0 fully saturated rings. The molecule has 2 aromatic rings. The molecular formula is C12H13InO2.